The number of hydrogen-bond donors (Lipinski definition) is 3. The van der Waals surface area contributed by atoms with Crippen molar-refractivity contribution in [2.75, 3.05) is 19.7 Å². The fraction of sp³-hybridized carbons (Fsp3) is 0.304. The van der Waals surface area contributed by atoms with Gasteiger partial charge in [0.25, 0.3) is 0 Å². The zero-order valence-corrected chi connectivity index (χ0v) is 17.8. The highest BCUT2D eigenvalue weighted by molar-refractivity contribution is 5.89. The molecular weight excluding hydrogens is 414 g/mol. The zero-order chi connectivity index (χ0) is 23.2. The van der Waals surface area contributed by atoms with E-state index in [0.717, 1.165) is 11.1 Å². The van der Waals surface area contributed by atoms with Gasteiger partial charge in [-0.05, 0) is 18.1 Å². The molecule has 0 saturated heterocycles. The fourth-order valence-electron chi connectivity index (χ4n) is 2.70. The molecule has 9 nitrogen and oxygen atoms in total. The van der Waals surface area contributed by atoms with E-state index in [2.05, 4.69) is 16.0 Å². The van der Waals surface area contributed by atoms with Crippen molar-refractivity contribution in [1.82, 2.24) is 16.0 Å². The normalized spacial score (nSPS) is 11.0. The Hall–Kier alpha value is -3.88. The Bertz CT molecular complexity index is 889. The minimum atomic E-state index is -0.882. The molecule has 9 heteroatoms. The summed E-state index contributed by atoms with van der Waals surface area (Å²) in [6.45, 7) is 1.23. The Balaban J connectivity index is 1.72. The highest BCUT2D eigenvalue weighted by atomic mass is 16.5. The molecule has 3 N–H and O–H groups in total. The molecule has 32 heavy (non-hydrogen) atoms. The first kappa shape index (κ1) is 24.4. The monoisotopic (exact) mass is 441 g/mol. The van der Waals surface area contributed by atoms with Crippen molar-refractivity contribution in [2.45, 2.75) is 26.0 Å². The zero-order valence-electron chi connectivity index (χ0n) is 17.8. The third-order valence-electron chi connectivity index (χ3n) is 4.24. The Labute approximate surface area is 186 Å². The molecule has 0 aliphatic heterocycles. The quantitative estimate of drug-likeness (QED) is 0.452. The summed E-state index contributed by atoms with van der Waals surface area (Å²) in [4.78, 5) is 47.9. The molecule has 3 amide bonds. The lowest BCUT2D eigenvalue weighted by atomic mass is 10.1. The van der Waals surface area contributed by atoms with Gasteiger partial charge in [-0.15, -0.1) is 0 Å². The van der Waals surface area contributed by atoms with E-state index in [0.29, 0.717) is 0 Å². The first-order valence-electron chi connectivity index (χ1n) is 10.2. The molecular formula is C23H27N3O6. The van der Waals surface area contributed by atoms with Crippen LogP contribution in [0.15, 0.2) is 60.7 Å². The van der Waals surface area contributed by atoms with Gasteiger partial charge >= 0.3 is 12.1 Å². The maximum Gasteiger partial charge on any atom is 0.407 e. The van der Waals surface area contributed by atoms with Crippen LogP contribution in [-0.4, -0.2) is 49.6 Å². The number of alkyl carbamates (subject to hydrolysis) is 1. The summed E-state index contributed by atoms with van der Waals surface area (Å²) in [6, 6.07) is 17.4. The third-order valence-corrected chi connectivity index (χ3v) is 4.24. The lowest BCUT2D eigenvalue weighted by molar-refractivity contribution is -0.147. The van der Waals surface area contributed by atoms with Crippen molar-refractivity contribution < 1.29 is 28.7 Å². The first-order valence-corrected chi connectivity index (χ1v) is 10.2. The largest absolute Gasteiger partial charge is 0.464 e. The van der Waals surface area contributed by atoms with E-state index in [9.17, 15) is 19.2 Å². The molecule has 0 aliphatic carbocycles. The van der Waals surface area contributed by atoms with Crippen LogP contribution in [0.4, 0.5) is 4.79 Å². The molecule has 0 saturated carbocycles. The number of rotatable bonds is 11. The number of hydrogen-bond acceptors (Lipinski definition) is 6. The standard InChI is InChI=1S/C23H27N3O6/c1-2-31-22(29)19(13-17-9-5-3-6-10-17)26-21(28)15-24-20(27)14-25-23(30)32-16-18-11-7-4-8-12-18/h3-12,19H,2,13-16H2,1H3,(H,24,27)(H,25,30)(H,26,28)/t19-/m0/s1. The second-order valence-electron chi connectivity index (χ2n) is 6.75. The maximum absolute atomic E-state index is 12.2. The summed E-state index contributed by atoms with van der Waals surface area (Å²) < 4.78 is 10.0. The number of nitrogens with one attached hydrogen (secondary N) is 3. The molecule has 0 aromatic heterocycles. The Morgan fingerprint density at radius 2 is 1.38 bits per heavy atom. The van der Waals surface area contributed by atoms with Crippen LogP contribution in [0.5, 0.6) is 0 Å². The first-order chi connectivity index (χ1) is 15.5. The Morgan fingerprint density at radius 1 is 0.781 bits per heavy atom. The van der Waals surface area contributed by atoms with Crippen molar-refractivity contribution >= 4 is 23.9 Å². The van der Waals surface area contributed by atoms with Crippen LogP contribution in [0.1, 0.15) is 18.1 Å². The molecule has 2 aromatic rings. The second-order valence-corrected chi connectivity index (χ2v) is 6.75. The van der Waals surface area contributed by atoms with Gasteiger partial charge in [0.1, 0.15) is 19.2 Å². The molecule has 0 unspecified atom stereocenters. The molecule has 1 atom stereocenters. The molecule has 0 spiro atoms. The number of esters is 1. The molecule has 0 aliphatic rings. The molecule has 0 bridgehead atoms. The van der Waals surface area contributed by atoms with E-state index < -0.39 is 29.9 Å². The van der Waals surface area contributed by atoms with Crippen molar-refractivity contribution in [2.24, 2.45) is 0 Å². The van der Waals surface area contributed by atoms with Crippen LogP contribution in [-0.2, 0) is 36.9 Å². The Kier molecular flexibility index (Phi) is 10.2. The van der Waals surface area contributed by atoms with Crippen LogP contribution in [0.3, 0.4) is 0 Å². The molecule has 170 valence electrons. The lowest BCUT2D eigenvalue weighted by Crippen LogP contribution is -2.48. The predicted molar refractivity (Wildman–Crippen MR) is 116 cm³/mol. The van der Waals surface area contributed by atoms with Crippen molar-refractivity contribution in [3.8, 4) is 0 Å². The number of amides is 3. The van der Waals surface area contributed by atoms with Gasteiger partial charge in [0, 0.05) is 6.42 Å². The summed E-state index contributed by atoms with van der Waals surface area (Å²) in [6.07, 6.45) is -0.493. The molecule has 0 radical (unpaired) electrons. The van der Waals surface area contributed by atoms with Crippen LogP contribution in [0, 0.1) is 0 Å². The average Bonchev–Trinajstić information content (AvgIpc) is 2.81. The number of carbonyl (C=O) groups excluding carboxylic acids is 4. The third kappa shape index (κ3) is 9.29. The van der Waals surface area contributed by atoms with E-state index in [1.165, 1.54) is 0 Å². The maximum atomic E-state index is 12.2. The van der Waals surface area contributed by atoms with Crippen LogP contribution in [0.25, 0.3) is 0 Å². The smallest absolute Gasteiger partial charge is 0.407 e. The van der Waals surface area contributed by atoms with Crippen LogP contribution in [0.2, 0.25) is 0 Å². The number of carbonyl (C=O) groups is 4. The van der Waals surface area contributed by atoms with E-state index in [1.807, 2.05) is 48.5 Å². The second kappa shape index (κ2) is 13.4. The summed E-state index contributed by atoms with van der Waals surface area (Å²) in [5.74, 6) is -1.69. The molecule has 2 rings (SSSR count). The fourth-order valence-corrected chi connectivity index (χ4v) is 2.70. The van der Waals surface area contributed by atoms with Gasteiger partial charge in [0.05, 0.1) is 13.2 Å². The summed E-state index contributed by atoms with van der Waals surface area (Å²) in [5, 5.41) is 7.25. The minimum Gasteiger partial charge on any atom is -0.464 e. The molecule has 0 fully saturated rings. The summed E-state index contributed by atoms with van der Waals surface area (Å²) in [7, 11) is 0. The minimum absolute atomic E-state index is 0.0767. The van der Waals surface area contributed by atoms with E-state index >= 15 is 0 Å². The average molecular weight is 441 g/mol. The van der Waals surface area contributed by atoms with Gasteiger partial charge in [-0.2, -0.15) is 0 Å². The van der Waals surface area contributed by atoms with Crippen molar-refractivity contribution in [3.63, 3.8) is 0 Å². The van der Waals surface area contributed by atoms with Gasteiger partial charge in [-0.3, -0.25) is 9.59 Å². The Morgan fingerprint density at radius 3 is 2.00 bits per heavy atom. The summed E-state index contributed by atoms with van der Waals surface area (Å²) >= 11 is 0. The van der Waals surface area contributed by atoms with Crippen LogP contribution >= 0.6 is 0 Å². The molecule has 0 heterocycles. The lowest BCUT2D eigenvalue weighted by Gasteiger charge is -2.17. The van der Waals surface area contributed by atoms with E-state index in [4.69, 9.17) is 9.47 Å². The van der Waals surface area contributed by atoms with E-state index in [1.54, 1.807) is 19.1 Å². The highest BCUT2D eigenvalue weighted by Crippen LogP contribution is 2.05. The SMILES string of the molecule is CCOC(=O)[C@H](Cc1ccccc1)NC(=O)CNC(=O)CNC(=O)OCc1ccccc1. The van der Waals surface area contributed by atoms with Crippen molar-refractivity contribution in [1.29, 1.82) is 0 Å². The summed E-state index contributed by atoms with van der Waals surface area (Å²) in [5.41, 5.74) is 1.67. The van der Waals surface area contributed by atoms with Gasteiger partial charge in [0.15, 0.2) is 0 Å². The van der Waals surface area contributed by atoms with Crippen molar-refractivity contribution in [3.05, 3.63) is 71.8 Å². The van der Waals surface area contributed by atoms with Gasteiger partial charge in [0.2, 0.25) is 11.8 Å². The number of benzene rings is 2. The predicted octanol–water partition coefficient (Wildman–Crippen LogP) is 1.32. The highest BCUT2D eigenvalue weighted by Gasteiger charge is 2.22. The van der Waals surface area contributed by atoms with E-state index in [-0.39, 0.29) is 32.7 Å². The van der Waals surface area contributed by atoms with Gasteiger partial charge in [-0.25, -0.2) is 9.59 Å². The van der Waals surface area contributed by atoms with Gasteiger partial charge in [-0.1, -0.05) is 60.7 Å². The van der Waals surface area contributed by atoms with Crippen LogP contribution < -0.4 is 16.0 Å². The van der Waals surface area contributed by atoms with Gasteiger partial charge < -0.3 is 25.4 Å². The molecule has 2 aromatic carbocycles. The topological polar surface area (TPSA) is 123 Å². The number of ether oxygens (including phenoxy) is 2.